The van der Waals surface area contributed by atoms with Crippen LogP contribution in [-0.4, -0.2) is 17.4 Å². The monoisotopic (exact) mass is 321 g/mol. The molecular formula is C16H17ClFN3O. The number of nitrogens with one attached hydrogen (secondary N) is 2. The molecule has 0 bridgehead atoms. The predicted octanol–water partition coefficient (Wildman–Crippen LogP) is 4.19. The van der Waals surface area contributed by atoms with E-state index in [4.69, 9.17) is 11.6 Å². The lowest BCUT2D eigenvalue weighted by molar-refractivity contribution is 0.102. The molecule has 6 heteroatoms. The van der Waals surface area contributed by atoms with Gasteiger partial charge < -0.3 is 10.6 Å². The van der Waals surface area contributed by atoms with E-state index >= 15 is 0 Å². The Morgan fingerprint density at radius 1 is 1.27 bits per heavy atom. The number of aromatic nitrogens is 1. The van der Waals surface area contributed by atoms with Crippen molar-refractivity contribution in [1.29, 1.82) is 0 Å². The summed E-state index contributed by atoms with van der Waals surface area (Å²) in [7, 11) is 0. The van der Waals surface area contributed by atoms with Crippen molar-refractivity contribution < 1.29 is 9.18 Å². The molecule has 2 rings (SSSR count). The van der Waals surface area contributed by atoms with E-state index in [2.05, 4.69) is 29.5 Å². The third kappa shape index (κ3) is 4.43. The van der Waals surface area contributed by atoms with E-state index in [9.17, 15) is 9.18 Å². The average Bonchev–Trinajstić information content (AvgIpc) is 2.49. The van der Waals surface area contributed by atoms with Crippen LogP contribution in [0.15, 0.2) is 36.7 Å². The van der Waals surface area contributed by atoms with Crippen molar-refractivity contribution in [2.75, 3.05) is 17.2 Å². The summed E-state index contributed by atoms with van der Waals surface area (Å²) < 4.78 is 13.1. The van der Waals surface area contributed by atoms with Crippen molar-refractivity contribution in [3.8, 4) is 0 Å². The minimum atomic E-state index is -0.527. The van der Waals surface area contributed by atoms with Gasteiger partial charge in [-0.15, -0.1) is 0 Å². The Morgan fingerprint density at radius 3 is 2.73 bits per heavy atom. The zero-order valence-electron chi connectivity index (χ0n) is 12.4. The summed E-state index contributed by atoms with van der Waals surface area (Å²) in [5.74, 6) is -0.372. The molecule has 1 aromatic carbocycles. The van der Waals surface area contributed by atoms with Gasteiger partial charge in [0.1, 0.15) is 5.82 Å². The Kier molecular flexibility index (Phi) is 5.33. The molecule has 1 aromatic heterocycles. The lowest BCUT2D eigenvalue weighted by Gasteiger charge is -2.10. The minimum absolute atomic E-state index is 0.0386. The summed E-state index contributed by atoms with van der Waals surface area (Å²) in [5, 5.41) is 5.83. The summed E-state index contributed by atoms with van der Waals surface area (Å²) in [6, 6.07) is 5.74. The summed E-state index contributed by atoms with van der Waals surface area (Å²) in [6.07, 6.45) is 3.13. The molecule has 0 unspecified atom stereocenters. The van der Waals surface area contributed by atoms with Gasteiger partial charge in [-0.25, -0.2) is 4.39 Å². The van der Waals surface area contributed by atoms with Gasteiger partial charge in [-0.1, -0.05) is 25.4 Å². The van der Waals surface area contributed by atoms with Crippen LogP contribution in [-0.2, 0) is 0 Å². The van der Waals surface area contributed by atoms with Gasteiger partial charge in [-0.2, -0.15) is 0 Å². The van der Waals surface area contributed by atoms with Crippen molar-refractivity contribution in [3.05, 3.63) is 53.1 Å². The Balaban J connectivity index is 2.08. The van der Waals surface area contributed by atoms with Crippen molar-refractivity contribution in [2.45, 2.75) is 13.8 Å². The van der Waals surface area contributed by atoms with Crippen LogP contribution >= 0.6 is 11.6 Å². The van der Waals surface area contributed by atoms with Crippen molar-refractivity contribution in [3.63, 3.8) is 0 Å². The van der Waals surface area contributed by atoms with Gasteiger partial charge in [-0.3, -0.25) is 9.78 Å². The first-order valence-corrected chi connectivity index (χ1v) is 7.29. The van der Waals surface area contributed by atoms with Crippen LogP contribution in [0, 0.1) is 11.7 Å². The van der Waals surface area contributed by atoms with Crippen LogP contribution in [0.2, 0.25) is 5.02 Å². The number of amides is 1. The zero-order valence-corrected chi connectivity index (χ0v) is 13.1. The van der Waals surface area contributed by atoms with Crippen LogP contribution < -0.4 is 10.6 Å². The molecule has 116 valence electrons. The number of anilines is 2. The number of nitrogens with zero attached hydrogens (tertiary/aromatic N) is 1. The number of benzene rings is 1. The topological polar surface area (TPSA) is 54.0 Å². The first kappa shape index (κ1) is 16.2. The van der Waals surface area contributed by atoms with Crippen LogP contribution in [0.1, 0.15) is 24.2 Å². The highest BCUT2D eigenvalue weighted by molar-refractivity contribution is 6.31. The summed E-state index contributed by atoms with van der Waals surface area (Å²) >= 11 is 5.69. The number of pyridine rings is 1. The second-order valence-electron chi connectivity index (χ2n) is 5.32. The van der Waals surface area contributed by atoms with E-state index in [1.54, 1.807) is 12.3 Å². The SMILES string of the molecule is CC(C)CNc1cncc(C(=O)Nc2ccc(F)c(Cl)c2)c1. The molecule has 0 saturated heterocycles. The second-order valence-corrected chi connectivity index (χ2v) is 5.73. The van der Waals surface area contributed by atoms with E-state index in [-0.39, 0.29) is 10.9 Å². The predicted molar refractivity (Wildman–Crippen MR) is 86.9 cm³/mol. The molecule has 0 atom stereocenters. The Bertz CT molecular complexity index is 676. The fourth-order valence-electron chi connectivity index (χ4n) is 1.76. The number of hydrogen-bond acceptors (Lipinski definition) is 3. The normalized spacial score (nSPS) is 10.6. The standard InChI is InChI=1S/C16H17ClFN3O/c1-10(2)7-20-13-5-11(8-19-9-13)16(22)21-12-3-4-15(18)14(17)6-12/h3-6,8-10,20H,7H2,1-2H3,(H,21,22). The van der Waals surface area contributed by atoms with Crippen LogP contribution in [0.3, 0.4) is 0 Å². The molecule has 0 fully saturated rings. The van der Waals surface area contributed by atoms with Gasteiger partial charge >= 0.3 is 0 Å². The zero-order chi connectivity index (χ0) is 16.1. The van der Waals surface area contributed by atoms with E-state index in [1.165, 1.54) is 24.4 Å². The Morgan fingerprint density at radius 2 is 2.05 bits per heavy atom. The third-order valence-electron chi connectivity index (χ3n) is 2.89. The molecule has 4 nitrogen and oxygen atoms in total. The molecule has 22 heavy (non-hydrogen) atoms. The smallest absolute Gasteiger partial charge is 0.257 e. The van der Waals surface area contributed by atoms with Crippen LogP contribution in [0.4, 0.5) is 15.8 Å². The van der Waals surface area contributed by atoms with Crippen LogP contribution in [0.25, 0.3) is 0 Å². The van der Waals surface area contributed by atoms with Gasteiger partial charge in [0, 0.05) is 24.6 Å². The van der Waals surface area contributed by atoms with E-state index in [0.29, 0.717) is 17.2 Å². The molecule has 0 saturated carbocycles. The molecule has 0 radical (unpaired) electrons. The van der Waals surface area contributed by atoms with Crippen molar-refractivity contribution in [2.24, 2.45) is 5.92 Å². The molecule has 0 spiro atoms. The minimum Gasteiger partial charge on any atom is -0.384 e. The fourth-order valence-corrected chi connectivity index (χ4v) is 1.94. The largest absolute Gasteiger partial charge is 0.384 e. The lowest BCUT2D eigenvalue weighted by Crippen LogP contribution is -2.14. The third-order valence-corrected chi connectivity index (χ3v) is 3.18. The molecule has 2 aromatic rings. The number of halogens is 2. The molecular weight excluding hydrogens is 305 g/mol. The van der Waals surface area contributed by atoms with Gasteiger partial charge in [-0.05, 0) is 30.2 Å². The number of hydrogen-bond donors (Lipinski definition) is 2. The maximum absolute atomic E-state index is 13.1. The van der Waals surface area contributed by atoms with Crippen molar-refractivity contribution >= 4 is 28.9 Å². The number of rotatable bonds is 5. The summed E-state index contributed by atoms with van der Waals surface area (Å²) in [5.41, 5.74) is 1.62. The highest BCUT2D eigenvalue weighted by Gasteiger charge is 2.09. The molecule has 0 aliphatic heterocycles. The van der Waals surface area contributed by atoms with Crippen LogP contribution in [0.5, 0.6) is 0 Å². The Hall–Kier alpha value is -2.14. The summed E-state index contributed by atoms with van der Waals surface area (Å²) in [4.78, 5) is 16.2. The maximum atomic E-state index is 13.1. The average molecular weight is 322 g/mol. The Labute approximate surface area is 133 Å². The van der Waals surface area contributed by atoms with Gasteiger partial charge in [0.25, 0.3) is 5.91 Å². The van der Waals surface area contributed by atoms with Crippen molar-refractivity contribution in [1.82, 2.24) is 4.98 Å². The molecule has 0 aliphatic rings. The highest BCUT2D eigenvalue weighted by atomic mass is 35.5. The van der Waals surface area contributed by atoms with E-state index < -0.39 is 5.82 Å². The fraction of sp³-hybridized carbons (Fsp3) is 0.250. The van der Waals surface area contributed by atoms with Gasteiger partial charge in [0.2, 0.25) is 0 Å². The first-order chi connectivity index (χ1) is 10.5. The molecule has 1 amide bonds. The summed E-state index contributed by atoms with van der Waals surface area (Å²) in [6.45, 7) is 4.98. The lowest BCUT2D eigenvalue weighted by atomic mass is 10.2. The number of carbonyl (C=O) groups excluding carboxylic acids is 1. The van der Waals surface area contributed by atoms with E-state index in [1.807, 2.05) is 0 Å². The molecule has 0 aliphatic carbocycles. The van der Waals surface area contributed by atoms with Gasteiger partial charge in [0.05, 0.1) is 16.3 Å². The quantitative estimate of drug-likeness (QED) is 0.868. The molecule has 2 N–H and O–H groups in total. The molecule has 1 heterocycles. The van der Waals surface area contributed by atoms with Gasteiger partial charge in [0.15, 0.2) is 0 Å². The number of carbonyl (C=O) groups is 1. The first-order valence-electron chi connectivity index (χ1n) is 6.91. The maximum Gasteiger partial charge on any atom is 0.257 e. The highest BCUT2D eigenvalue weighted by Crippen LogP contribution is 2.20. The van der Waals surface area contributed by atoms with E-state index in [0.717, 1.165) is 12.2 Å². The second kappa shape index (κ2) is 7.22.